The summed E-state index contributed by atoms with van der Waals surface area (Å²) in [5.74, 6) is 0.298. The van der Waals surface area contributed by atoms with E-state index in [-0.39, 0.29) is 24.7 Å². The zero-order valence-corrected chi connectivity index (χ0v) is 14.8. The largest absolute Gasteiger partial charge is 0.251 e. The Bertz CT molecular complexity index is 381. The number of alkyl halides is 4. The van der Waals surface area contributed by atoms with E-state index in [9.17, 15) is 17.6 Å². The number of halogens is 4. The van der Waals surface area contributed by atoms with E-state index >= 15 is 0 Å². The van der Waals surface area contributed by atoms with Gasteiger partial charge in [-0.05, 0) is 74.5 Å². The van der Waals surface area contributed by atoms with E-state index in [4.69, 9.17) is 0 Å². The van der Waals surface area contributed by atoms with Crippen LogP contribution < -0.4 is 0 Å². The van der Waals surface area contributed by atoms with Crippen molar-refractivity contribution < 1.29 is 17.6 Å². The maximum Gasteiger partial charge on any atom is 0.108 e. The molecule has 3 fully saturated rings. The molecule has 4 heteroatoms. The van der Waals surface area contributed by atoms with E-state index in [1.807, 2.05) is 0 Å². The molecule has 0 saturated heterocycles. The van der Waals surface area contributed by atoms with Gasteiger partial charge in [-0.15, -0.1) is 0 Å². The summed E-state index contributed by atoms with van der Waals surface area (Å²) in [6.07, 6.45) is 3.70. The third-order valence-corrected chi connectivity index (χ3v) is 7.36. The first-order chi connectivity index (χ1) is 11.5. The lowest BCUT2D eigenvalue weighted by Gasteiger charge is -2.44. The smallest absolute Gasteiger partial charge is 0.108 e. The summed E-state index contributed by atoms with van der Waals surface area (Å²) in [6.45, 7) is 1.35. The molecule has 0 amide bonds. The predicted molar refractivity (Wildman–Crippen MR) is 88.8 cm³/mol. The highest BCUT2D eigenvalue weighted by Gasteiger charge is 2.45. The molecule has 0 bridgehead atoms. The first-order valence-corrected chi connectivity index (χ1v) is 9.97. The fraction of sp³-hybridized carbons (Fsp3) is 1.00. The lowest BCUT2D eigenvalue weighted by molar-refractivity contribution is -0.0230. The van der Waals surface area contributed by atoms with Crippen LogP contribution in [0.4, 0.5) is 17.6 Å². The molecule has 24 heavy (non-hydrogen) atoms. The molecular formula is C20H32F4. The minimum Gasteiger partial charge on any atom is -0.251 e. The van der Waals surface area contributed by atoms with Crippen LogP contribution in [0.3, 0.4) is 0 Å². The van der Waals surface area contributed by atoms with Crippen molar-refractivity contribution in [1.29, 1.82) is 0 Å². The van der Waals surface area contributed by atoms with Crippen LogP contribution in [0, 0.1) is 35.5 Å². The van der Waals surface area contributed by atoms with Crippen molar-refractivity contribution in [2.24, 2.45) is 35.5 Å². The van der Waals surface area contributed by atoms with Gasteiger partial charge in [0.15, 0.2) is 0 Å². The van der Waals surface area contributed by atoms with Crippen LogP contribution in [0.15, 0.2) is 0 Å². The van der Waals surface area contributed by atoms with Crippen molar-refractivity contribution in [3.63, 3.8) is 0 Å². The second-order valence-electron chi connectivity index (χ2n) is 8.85. The van der Waals surface area contributed by atoms with Crippen LogP contribution in [0.1, 0.15) is 64.7 Å². The van der Waals surface area contributed by atoms with Crippen LogP contribution >= 0.6 is 0 Å². The van der Waals surface area contributed by atoms with Gasteiger partial charge in [-0.3, -0.25) is 4.39 Å². The van der Waals surface area contributed by atoms with Gasteiger partial charge >= 0.3 is 0 Å². The maximum atomic E-state index is 14.8. The quantitative estimate of drug-likeness (QED) is 0.530. The summed E-state index contributed by atoms with van der Waals surface area (Å²) in [6, 6.07) is 0. The average molecular weight is 348 g/mol. The van der Waals surface area contributed by atoms with E-state index in [0.29, 0.717) is 18.3 Å². The summed E-state index contributed by atoms with van der Waals surface area (Å²) in [5.41, 5.74) is 0. The fourth-order valence-corrected chi connectivity index (χ4v) is 5.68. The molecule has 0 heterocycles. The minimum atomic E-state index is -1.45. The topological polar surface area (TPSA) is 0 Å². The van der Waals surface area contributed by atoms with Crippen molar-refractivity contribution in [1.82, 2.24) is 0 Å². The molecule has 0 aromatic rings. The minimum absolute atomic E-state index is 0.145. The van der Waals surface area contributed by atoms with E-state index in [0.717, 1.165) is 18.8 Å². The predicted octanol–water partition coefficient (Wildman–Crippen LogP) is 6.24. The molecule has 3 saturated carbocycles. The molecule has 4 unspecified atom stereocenters. The third kappa shape index (κ3) is 3.93. The standard InChI is InChI=1S/C20H32F4/c1-12-2-4-13(5-3-12)14-6-7-16(18(22)8-14)15-9-19(23)17(11-21)20(24)10-15/h12-20H,2-11H2,1H3/t12?,13?,14-,15?,16?,17?,18?,19?,20?/m1/s1. The number of rotatable bonds is 3. The van der Waals surface area contributed by atoms with Crippen molar-refractivity contribution in [3.05, 3.63) is 0 Å². The van der Waals surface area contributed by atoms with E-state index in [2.05, 4.69) is 6.92 Å². The van der Waals surface area contributed by atoms with Gasteiger partial charge in [-0.2, -0.15) is 0 Å². The monoisotopic (exact) mass is 348 g/mol. The maximum absolute atomic E-state index is 14.8. The Labute approximate surface area is 143 Å². The Morgan fingerprint density at radius 3 is 1.75 bits per heavy atom. The Balaban J connectivity index is 1.54. The molecule has 0 aromatic carbocycles. The zero-order chi connectivity index (χ0) is 17.3. The number of hydrogen-bond acceptors (Lipinski definition) is 0. The molecule has 0 aromatic heterocycles. The second kappa shape index (κ2) is 7.95. The van der Waals surface area contributed by atoms with Gasteiger partial charge < -0.3 is 0 Å². The van der Waals surface area contributed by atoms with E-state index in [1.165, 1.54) is 25.7 Å². The van der Waals surface area contributed by atoms with Gasteiger partial charge in [0.05, 0.1) is 6.67 Å². The van der Waals surface area contributed by atoms with E-state index < -0.39 is 31.1 Å². The van der Waals surface area contributed by atoms with Crippen molar-refractivity contribution in [2.45, 2.75) is 83.2 Å². The van der Waals surface area contributed by atoms with E-state index in [1.54, 1.807) is 0 Å². The van der Waals surface area contributed by atoms with Gasteiger partial charge in [0.2, 0.25) is 0 Å². The van der Waals surface area contributed by atoms with Crippen molar-refractivity contribution in [3.8, 4) is 0 Å². The van der Waals surface area contributed by atoms with Crippen LogP contribution in [0.25, 0.3) is 0 Å². The molecule has 3 rings (SSSR count). The SMILES string of the molecule is CC1CCC([C@@H]2CCC(C3CC(F)C(CF)C(F)C3)C(F)C2)CC1. The summed E-state index contributed by atoms with van der Waals surface area (Å²) in [7, 11) is 0. The Hall–Kier alpha value is -0.280. The number of hydrogen-bond donors (Lipinski definition) is 0. The average Bonchev–Trinajstić information content (AvgIpc) is 2.55. The molecular weight excluding hydrogens is 316 g/mol. The van der Waals surface area contributed by atoms with Crippen molar-refractivity contribution in [2.75, 3.05) is 6.67 Å². The summed E-state index contributed by atoms with van der Waals surface area (Å²) >= 11 is 0. The van der Waals surface area contributed by atoms with Gasteiger partial charge in [-0.25, -0.2) is 13.2 Å². The van der Waals surface area contributed by atoms with Crippen LogP contribution in [-0.2, 0) is 0 Å². The third-order valence-electron chi connectivity index (χ3n) is 7.36. The Morgan fingerprint density at radius 1 is 0.667 bits per heavy atom. The summed E-state index contributed by atoms with van der Waals surface area (Å²) in [5, 5.41) is 0. The normalized spacial score (nSPS) is 50.6. The molecule has 0 spiro atoms. The zero-order valence-electron chi connectivity index (χ0n) is 14.8. The molecule has 0 N–H and O–H groups in total. The summed E-state index contributed by atoms with van der Waals surface area (Å²) in [4.78, 5) is 0. The first kappa shape index (κ1) is 18.5. The molecule has 3 aliphatic carbocycles. The highest BCUT2D eigenvalue weighted by molar-refractivity contribution is 4.94. The second-order valence-corrected chi connectivity index (χ2v) is 8.85. The van der Waals surface area contributed by atoms with Gasteiger partial charge in [-0.1, -0.05) is 19.8 Å². The lowest BCUT2D eigenvalue weighted by atomic mass is 9.64. The highest BCUT2D eigenvalue weighted by Crippen LogP contribution is 2.47. The Morgan fingerprint density at radius 2 is 1.21 bits per heavy atom. The first-order valence-electron chi connectivity index (χ1n) is 9.97. The lowest BCUT2D eigenvalue weighted by Crippen LogP contribution is -2.43. The van der Waals surface area contributed by atoms with Gasteiger partial charge in [0.1, 0.15) is 18.5 Å². The molecule has 5 atom stereocenters. The molecule has 3 aliphatic rings. The summed E-state index contributed by atoms with van der Waals surface area (Å²) < 4.78 is 55.6. The molecule has 0 aliphatic heterocycles. The van der Waals surface area contributed by atoms with Crippen LogP contribution in [0.2, 0.25) is 0 Å². The van der Waals surface area contributed by atoms with Gasteiger partial charge in [0, 0.05) is 5.92 Å². The molecule has 0 nitrogen and oxygen atoms in total. The highest BCUT2D eigenvalue weighted by atomic mass is 19.2. The Kier molecular flexibility index (Phi) is 6.13. The van der Waals surface area contributed by atoms with Gasteiger partial charge in [0.25, 0.3) is 0 Å². The van der Waals surface area contributed by atoms with Crippen molar-refractivity contribution >= 4 is 0 Å². The molecule has 140 valence electrons. The van der Waals surface area contributed by atoms with Crippen LogP contribution in [-0.4, -0.2) is 25.2 Å². The fourth-order valence-electron chi connectivity index (χ4n) is 5.68. The van der Waals surface area contributed by atoms with Crippen LogP contribution in [0.5, 0.6) is 0 Å². The molecule has 0 radical (unpaired) electrons.